The van der Waals surface area contributed by atoms with E-state index >= 15 is 0 Å². The summed E-state index contributed by atoms with van der Waals surface area (Å²) < 4.78 is 11.7. The number of morpholine rings is 1. The number of carbonyl (C=O) groups excluding carboxylic acids is 1. The molecule has 3 rings (SSSR count). The van der Waals surface area contributed by atoms with Gasteiger partial charge in [-0.2, -0.15) is 0 Å². The number of nitrogens with zero attached hydrogens (tertiary/aromatic N) is 3. The van der Waals surface area contributed by atoms with Gasteiger partial charge in [-0.05, 0) is 44.4 Å². The zero-order chi connectivity index (χ0) is 20.6. The van der Waals surface area contributed by atoms with E-state index in [1.54, 1.807) is 0 Å². The molecule has 2 saturated heterocycles. The van der Waals surface area contributed by atoms with Crippen molar-refractivity contribution in [3.63, 3.8) is 0 Å². The lowest BCUT2D eigenvalue weighted by Gasteiger charge is -2.37. The van der Waals surface area contributed by atoms with E-state index in [0.29, 0.717) is 13.2 Å². The molecule has 29 heavy (non-hydrogen) atoms. The summed E-state index contributed by atoms with van der Waals surface area (Å²) in [6.45, 7) is 9.25. The standard InChI is InChI=1S/C22H34N4O3/c1-4-25(5-2)21(27)18-10-8-17(9-11-18)15-24-22(23-3)26-12-14-29-20(16-26)19-7-6-13-28-19/h8-11,19-20H,4-7,12-16H2,1-3H3,(H,23,24). The van der Waals surface area contributed by atoms with Gasteiger partial charge in [-0.1, -0.05) is 12.1 Å². The Hall–Kier alpha value is -2.12. The molecular weight excluding hydrogens is 368 g/mol. The molecule has 2 unspecified atom stereocenters. The van der Waals surface area contributed by atoms with Gasteiger partial charge in [0.25, 0.3) is 5.91 Å². The number of carbonyl (C=O) groups is 1. The fourth-order valence-corrected chi connectivity index (χ4v) is 3.96. The van der Waals surface area contributed by atoms with Gasteiger partial charge in [-0.25, -0.2) is 0 Å². The van der Waals surface area contributed by atoms with E-state index in [9.17, 15) is 4.79 Å². The summed E-state index contributed by atoms with van der Waals surface area (Å²) in [6, 6.07) is 7.82. The molecule has 160 valence electrons. The molecule has 7 heteroatoms. The lowest BCUT2D eigenvalue weighted by molar-refractivity contribution is -0.0817. The first kappa shape index (κ1) is 21.6. The number of ether oxygens (including phenoxy) is 2. The van der Waals surface area contributed by atoms with Gasteiger partial charge in [0, 0.05) is 51.9 Å². The van der Waals surface area contributed by atoms with Crippen molar-refractivity contribution in [2.75, 3.05) is 46.4 Å². The Balaban J connectivity index is 1.54. The van der Waals surface area contributed by atoms with E-state index < -0.39 is 0 Å². The monoisotopic (exact) mass is 402 g/mol. The molecule has 0 aliphatic carbocycles. The van der Waals surface area contributed by atoms with Crippen LogP contribution in [-0.2, 0) is 16.0 Å². The lowest BCUT2D eigenvalue weighted by atomic mass is 10.1. The minimum atomic E-state index is 0.0822. The number of hydrogen-bond donors (Lipinski definition) is 1. The Morgan fingerprint density at radius 1 is 1.17 bits per heavy atom. The smallest absolute Gasteiger partial charge is 0.253 e. The van der Waals surface area contributed by atoms with Gasteiger partial charge in [0.2, 0.25) is 0 Å². The van der Waals surface area contributed by atoms with Crippen LogP contribution in [-0.4, -0.2) is 80.3 Å². The first-order chi connectivity index (χ1) is 14.2. The van der Waals surface area contributed by atoms with Gasteiger partial charge in [0.1, 0.15) is 6.10 Å². The van der Waals surface area contributed by atoms with E-state index in [1.165, 1.54) is 0 Å². The first-order valence-electron chi connectivity index (χ1n) is 10.7. The number of hydrogen-bond acceptors (Lipinski definition) is 4. The normalized spacial score (nSPS) is 22.6. The SMILES string of the molecule is CCN(CC)C(=O)c1ccc(CNC(=NC)N2CCOC(C3CCCO3)C2)cc1. The fourth-order valence-electron chi connectivity index (χ4n) is 3.96. The van der Waals surface area contributed by atoms with Crippen LogP contribution in [0.4, 0.5) is 0 Å². The van der Waals surface area contributed by atoms with Crippen molar-refractivity contribution in [2.24, 2.45) is 4.99 Å². The van der Waals surface area contributed by atoms with Gasteiger partial charge in [0.15, 0.2) is 5.96 Å². The van der Waals surface area contributed by atoms with Crippen LogP contribution in [0.25, 0.3) is 0 Å². The van der Waals surface area contributed by atoms with Crippen molar-refractivity contribution in [2.45, 2.75) is 45.4 Å². The summed E-state index contributed by atoms with van der Waals surface area (Å²) in [7, 11) is 1.81. The summed E-state index contributed by atoms with van der Waals surface area (Å²) >= 11 is 0. The third-order valence-electron chi connectivity index (χ3n) is 5.69. The van der Waals surface area contributed by atoms with Crippen molar-refractivity contribution >= 4 is 11.9 Å². The number of benzene rings is 1. The van der Waals surface area contributed by atoms with Crippen molar-refractivity contribution in [3.05, 3.63) is 35.4 Å². The van der Waals surface area contributed by atoms with Crippen LogP contribution >= 0.6 is 0 Å². The van der Waals surface area contributed by atoms with Crippen molar-refractivity contribution in [1.82, 2.24) is 15.1 Å². The molecule has 1 N–H and O–H groups in total. The molecule has 2 aliphatic rings. The maximum Gasteiger partial charge on any atom is 0.253 e. The molecule has 7 nitrogen and oxygen atoms in total. The molecule has 0 spiro atoms. The second-order valence-electron chi connectivity index (χ2n) is 7.48. The van der Waals surface area contributed by atoms with E-state index in [-0.39, 0.29) is 18.1 Å². The molecule has 1 aromatic rings. The summed E-state index contributed by atoms with van der Waals surface area (Å²) in [4.78, 5) is 21.0. The molecule has 0 aromatic heterocycles. The topological polar surface area (TPSA) is 66.4 Å². The van der Waals surface area contributed by atoms with Crippen molar-refractivity contribution < 1.29 is 14.3 Å². The van der Waals surface area contributed by atoms with Crippen LogP contribution in [0.2, 0.25) is 0 Å². The molecule has 2 aliphatic heterocycles. The maximum absolute atomic E-state index is 12.4. The molecule has 0 saturated carbocycles. The van der Waals surface area contributed by atoms with Gasteiger partial charge in [0.05, 0.1) is 12.7 Å². The fraction of sp³-hybridized carbons (Fsp3) is 0.636. The highest BCUT2D eigenvalue weighted by Crippen LogP contribution is 2.21. The average molecular weight is 403 g/mol. The van der Waals surface area contributed by atoms with Gasteiger partial charge in [-0.3, -0.25) is 9.79 Å². The van der Waals surface area contributed by atoms with Crippen LogP contribution in [0.5, 0.6) is 0 Å². The molecule has 2 heterocycles. The lowest BCUT2D eigenvalue weighted by Crippen LogP contribution is -2.53. The number of aliphatic imine (C=N–C) groups is 1. The van der Waals surface area contributed by atoms with Crippen LogP contribution in [0, 0.1) is 0 Å². The second-order valence-corrected chi connectivity index (χ2v) is 7.48. The van der Waals surface area contributed by atoms with Crippen LogP contribution in [0.15, 0.2) is 29.3 Å². The van der Waals surface area contributed by atoms with Crippen molar-refractivity contribution in [3.8, 4) is 0 Å². The van der Waals surface area contributed by atoms with Gasteiger partial charge < -0.3 is 24.6 Å². The summed E-state index contributed by atoms with van der Waals surface area (Å²) in [6.07, 6.45) is 2.50. The highest BCUT2D eigenvalue weighted by molar-refractivity contribution is 5.94. The average Bonchev–Trinajstić information content (AvgIpc) is 3.31. The number of nitrogens with one attached hydrogen (secondary N) is 1. The summed E-state index contributed by atoms with van der Waals surface area (Å²) in [5.41, 5.74) is 1.85. The molecule has 1 aromatic carbocycles. The molecular formula is C22H34N4O3. The minimum Gasteiger partial charge on any atom is -0.375 e. The quantitative estimate of drug-likeness (QED) is 0.583. The van der Waals surface area contributed by atoms with Crippen LogP contribution in [0.3, 0.4) is 0 Å². The number of guanidine groups is 1. The third-order valence-corrected chi connectivity index (χ3v) is 5.69. The summed E-state index contributed by atoms with van der Waals surface area (Å²) in [5.74, 6) is 0.957. The van der Waals surface area contributed by atoms with Gasteiger partial charge in [-0.15, -0.1) is 0 Å². The zero-order valence-electron chi connectivity index (χ0n) is 17.9. The first-order valence-corrected chi connectivity index (χ1v) is 10.7. The Bertz CT molecular complexity index is 682. The highest BCUT2D eigenvalue weighted by atomic mass is 16.5. The van der Waals surface area contributed by atoms with Gasteiger partial charge >= 0.3 is 0 Å². The summed E-state index contributed by atoms with van der Waals surface area (Å²) in [5, 5.41) is 3.44. The Labute approximate surface area is 174 Å². The predicted molar refractivity (Wildman–Crippen MR) is 114 cm³/mol. The number of amides is 1. The molecule has 1 amide bonds. The van der Waals surface area contributed by atoms with E-state index in [0.717, 1.165) is 62.7 Å². The maximum atomic E-state index is 12.4. The number of rotatable bonds is 6. The van der Waals surface area contributed by atoms with E-state index in [4.69, 9.17) is 9.47 Å². The Morgan fingerprint density at radius 2 is 1.90 bits per heavy atom. The van der Waals surface area contributed by atoms with Crippen LogP contribution in [0.1, 0.15) is 42.6 Å². The van der Waals surface area contributed by atoms with E-state index in [1.807, 2.05) is 50.1 Å². The largest absolute Gasteiger partial charge is 0.375 e. The van der Waals surface area contributed by atoms with Crippen LogP contribution < -0.4 is 5.32 Å². The molecule has 0 bridgehead atoms. The third kappa shape index (κ3) is 5.48. The molecule has 2 fully saturated rings. The highest BCUT2D eigenvalue weighted by Gasteiger charge is 2.32. The zero-order valence-corrected chi connectivity index (χ0v) is 17.9. The Kier molecular flexibility index (Phi) is 7.89. The Morgan fingerprint density at radius 3 is 2.52 bits per heavy atom. The van der Waals surface area contributed by atoms with Crippen molar-refractivity contribution in [1.29, 1.82) is 0 Å². The predicted octanol–water partition coefficient (Wildman–Crippen LogP) is 2.12. The van der Waals surface area contributed by atoms with E-state index in [2.05, 4.69) is 15.2 Å². The second kappa shape index (κ2) is 10.6. The molecule has 2 atom stereocenters. The minimum absolute atomic E-state index is 0.0822. The molecule has 0 radical (unpaired) electrons.